The van der Waals surface area contributed by atoms with Crippen LogP contribution in [0.15, 0.2) is 24.3 Å². The van der Waals surface area contributed by atoms with E-state index in [2.05, 4.69) is 0 Å². The van der Waals surface area contributed by atoms with Crippen LogP contribution in [-0.2, 0) is 9.53 Å². The molecule has 0 N–H and O–H groups in total. The number of rotatable bonds is 6. The van der Waals surface area contributed by atoms with E-state index < -0.39 is 0 Å². The summed E-state index contributed by atoms with van der Waals surface area (Å²) in [4.78, 5) is 23.7. The van der Waals surface area contributed by atoms with Gasteiger partial charge in [-0.05, 0) is 31.0 Å². The molecule has 1 rings (SSSR count). The second-order valence-corrected chi connectivity index (χ2v) is 4.86. The van der Waals surface area contributed by atoms with Crippen LogP contribution in [0, 0.1) is 5.92 Å². The summed E-state index contributed by atoms with van der Waals surface area (Å²) in [5.41, 5.74) is 1.49. The van der Waals surface area contributed by atoms with Gasteiger partial charge < -0.3 is 4.74 Å². The van der Waals surface area contributed by atoms with Crippen LogP contribution in [0.2, 0.25) is 0 Å². The van der Waals surface area contributed by atoms with Crippen LogP contribution in [0.4, 0.5) is 0 Å². The lowest BCUT2D eigenvalue weighted by Crippen LogP contribution is -2.17. The molecule has 1 atom stereocenters. The fourth-order valence-electron chi connectivity index (χ4n) is 2.07. The molecule has 0 saturated heterocycles. The average Bonchev–Trinajstić information content (AvgIpc) is 2.40. The number of hydrogen-bond donors (Lipinski definition) is 0. The standard InChI is InChI=1S/C16H22O3/c1-5-14(15(17)11(3)4)12-7-9-13(10-8-12)16(18)19-6-2/h7-11,14H,5-6H2,1-4H3/t14-/m1/s1. The molecule has 0 heterocycles. The second kappa shape index (κ2) is 7.07. The second-order valence-electron chi connectivity index (χ2n) is 4.86. The number of carbonyl (C=O) groups excluding carboxylic acids is 2. The number of carbonyl (C=O) groups is 2. The molecule has 0 radical (unpaired) electrons. The van der Waals surface area contributed by atoms with Crippen molar-refractivity contribution >= 4 is 11.8 Å². The highest BCUT2D eigenvalue weighted by molar-refractivity contribution is 5.90. The van der Waals surface area contributed by atoms with Gasteiger partial charge in [0.05, 0.1) is 12.2 Å². The van der Waals surface area contributed by atoms with E-state index in [9.17, 15) is 9.59 Å². The fraction of sp³-hybridized carbons (Fsp3) is 0.500. The molecular formula is C16H22O3. The van der Waals surface area contributed by atoms with Crippen molar-refractivity contribution in [1.29, 1.82) is 0 Å². The first kappa shape index (κ1) is 15.4. The zero-order valence-corrected chi connectivity index (χ0v) is 12.1. The molecule has 1 aromatic rings. The molecule has 0 fully saturated rings. The largest absolute Gasteiger partial charge is 0.462 e. The average molecular weight is 262 g/mol. The Hall–Kier alpha value is -1.64. The van der Waals surface area contributed by atoms with Gasteiger partial charge in [0.1, 0.15) is 5.78 Å². The van der Waals surface area contributed by atoms with Gasteiger partial charge in [0.25, 0.3) is 0 Å². The van der Waals surface area contributed by atoms with Gasteiger partial charge in [-0.2, -0.15) is 0 Å². The monoisotopic (exact) mass is 262 g/mol. The van der Waals surface area contributed by atoms with Gasteiger partial charge in [-0.3, -0.25) is 4.79 Å². The smallest absolute Gasteiger partial charge is 0.338 e. The van der Waals surface area contributed by atoms with E-state index in [1.807, 2.05) is 32.9 Å². The first-order chi connectivity index (χ1) is 9.01. The third-order valence-electron chi connectivity index (χ3n) is 3.14. The topological polar surface area (TPSA) is 43.4 Å². The van der Waals surface area contributed by atoms with Gasteiger partial charge in [0.2, 0.25) is 0 Å². The Balaban J connectivity index is 2.90. The molecule has 0 aliphatic rings. The molecule has 0 aromatic heterocycles. The third kappa shape index (κ3) is 3.91. The van der Waals surface area contributed by atoms with E-state index >= 15 is 0 Å². The molecule has 0 bridgehead atoms. The van der Waals surface area contributed by atoms with E-state index in [0.717, 1.165) is 12.0 Å². The van der Waals surface area contributed by atoms with Crippen molar-refractivity contribution in [3.8, 4) is 0 Å². The summed E-state index contributed by atoms with van der Waals surface area (Å²) in [6.07, 6.45) is 0.774. The van der Waals surface area contributed by atoms with E-state index in [0.29, 0.717) is 12.2 Å². The minimum absolute atomic E-state index is 0.0229. The van der Waals surface area contributed by atoms with E-state index in [-0.39, 0.29) is 23.6 Å². The van der Waals surface area contributed by atoms with Crippen LogP contribution >= 0.6 is 0 Å². The zero-order chi connectivity index (χ0) is 14.4. The van der Waals surface area contributed by atoms with Crippen LogP contribution in [0.25, 0.3) is 0 Å². The van der Waals surface area contributed by atoms with Gasteiger partial charge >= 0.3 is 5.97 Å². The Labute approximate surface area is 115 Å². The molecule has 1 aromatic carbocycles. The van der Waals surface area contributed by atoms with Gasteiger partial charge in [-0.15, -0.1) is 0 Å². The summed E-state index contributed by atoms with van der Waals surface area (Å²) in [5.74, 6) is -0.144. The number of benzene rings is 1. The number of ether oxygens (including phenoxy) is 1. The van der Waals surface area contributed by atoms with Crippen molar-refractivity contribution in [2.45, 2.75) is 40.0 Å². The van der Waals surface area contributed by atoms with E-state index in [1.54, 1.807) is 19.1 Å². The van der Waals surface area contributed by atoms with Gasteiger partial charge in [-0.25, -0.2) is 4.79 Å². The van der Waals surface area contributed by atoms with Crippen molar-refractivity contribution < 1.29 is 14.3 Å². The lowest BCUT2D eigenvalue weighted by Gasteiger charge is -2.16. The first-order valence-corrected chi connectivity index (χ1v) is 6.82. The first-order valence-electron chi connectivity index (χ1n) is 6.82. The molecule has 0 aliphatic heterocycles. The summed E-state index contributed by atoms with van der Waals surface area (Å²) in [5, 5.41) is 0. The predicted molar refractivity (Wildman–Crippen MR) is 75.3 cm³/mol. The molecule has 0 saturated carbocycles. The van der Waals surface area contributed by atoms with Crippen LogP contribution in [0.5, 0.6) is 0 Å². The molecular weight excluding hydrogens is 240 g/mol. The molecule has 3 nitrogen and oxygen atoms in total. The third-order valence-corrected chi connectivity index (χ3v) is 3.14. The summed E-state index contributed by atoms with van der Waals surface area (Å²) >= 11 is 0. The van der Waals surface area contributed by atoms with Crippen molar-refractivity contribution in [2.75, 3.05) is 6.61 Å². The lowest BCUT2D eigenvalue weighted by atomic mass is 9.86. The minimum atomic E-state index is -0.322. The molecule has 0 unspecified atom stereocenters. The minimum Gasteiger partial charge on any atom is -0.462 e. The van der Waals surface area contributed by atoms with Crippen molar-refractivity contribution in [2.24, 2.45) is 5.92 Å². The Morgan fingerprint density at radius 1 is 1.11 bits per heavy atom. The summed E-state index contributed by atoms with van der Waals surface area (Å²) < 4.78 is 4.93. The number of ketones is 1. The highest BCUT2D eigenvalue weighted by atomic mass is 16.5. The Morgan fingerprint density at radius 3 is 2.11 bits per heavy atom. The summed E-state index contributed by atoms with van der Waals surface area (Å²) in [6, 6.07) is 7.15. The number of esters is 1. The van der Waals surface area contributed by atoms with Crippen molar-refractivity contribution in [1.82, 2.24) is 0 Å². The van der Waals surface area contributed by atoms with Crippen LogP contribution in [-0.4, -0.2) is 18.4 Å². The molecule has 19 heavy (non-hydrogen) atoms. The highest BCUT2D eigenvalue weighted by Gasteiger charge is 2.21. The van der Waals surface area contributed by atoms with Crippen molar-refractivity contribution in [3.63, 3.8) is 0 Å². The summed E-state index contributed by atoms with van der Waals surface area (Å²) in [7, 11) is 0. The van der Waals surface area contributed by atoms with Crippen LogP contribution in [0.3, 0.4) is 0 Å². The van der Waals surface area contributed by atoms with Gasteiger partial charge in [-0.1, -0.05) is 32.9 Å². The van der Waals surface area contributed by atoms with Crippen LogP contribution < -0.4 is 0 Å². The maximum atomic E-state index is 12.1. The van der Waals surface area contributed by atoms with Gasteiger partial charge in [0.15, 0.2) is 0 Å². The predicted octanol–water partition coefficient (Wildman–Crippen LogP) is 3.58. The number of Topliss-reactive ketones (excluding diaryl/α,β-unsaturated/α-hetero) is 1. The SMILES string of the molecule is CCOC(=O)c1ccc([C@@H](CC)C(=O)C(C)C)cc1. The molecule has 0 amide bonds. The Bertz CT molecular complexity index is 432. The fourth-order valence-corrected chi connectivity index (χ4v) is 2.07. The van der Waals surface area contributed by atoms with E-state index in [4.69, 9.17) is 4.74 Å². The highest BCUT2D eigenvalue weighted by Crippen LogP contribution is 2.24. The molecule has 104 valence electrons. The number of hydrogen-bond acceptors (Lipinski definition) is 3. The quantitative estimate of drug-likeness (QED) is 0.736. The van der Waals surface area contributed by atoms with Crippen LogP contribution in [0.1, 0.15) is 56.0 Å². The molecule has 0 aliphatic carbocycles. The maximum Gasteiger partial charge on any atom is 0.338 e. The normalized spacial score (nSPS) is 12.3. The van der Waals surface area contributed by atoms with E-state index in [1.165, 1.54) is 0 Å². The Kier molecular flexibility index (Phi) is 5.74. The molecule has 3 heteroatoms. The summed E-state index contributed by atoms with van der Waals surface area (Å²) in [6.45, 7) is 7.98. The van der Waals surface area contributed by atoms with Gasteiger partial charge in [0, 0.05) is 11.8 Å². The Morgan fingerprint density at radius 2 is 1.68 bits per heavy atom. The lowest BCUT2D eigenvalue weighted by molar-refractivity contribution is -0.123. The van der Waals surface area contributed by atoms with Crippen molar-refractivity contribution in [3.05, 3.63) is 35.4 Å². The maximum absolute atomic E-state index is 12.1. The zero-order valence-electron chi connectivity index (χ0n) is 12.1. The molecule has 0 spiro atoms.